The predicted molar refractivity (Wildman–Crippen MR) is 81.1 cm³/mol. The van der Waals surface area contributed by atoms with Gasteiger partial charge in [-0.1, -0.05) is 12.1 Å². The molecule has 0 amide bonds. The SMILES string of the molecule is COC(C)(C)CNC(C)c1ccc(-n2ccnc2)cc1. The zero-order valence-corrected chi connectivity index (χ0v) is 12.6. The smallest absolute Gasteiger partial charge is 0.0991 e. The van der Waals surface area contributed by atoms with Gasteiger partial charge >= 0.3 is 0 Å². The number of hydrogen-bond acceptors (Lipinski definition) is 3. The Morgan fingerprint density at radius 2 is 2.00 bits per heavy atom. The summed E-state index contributed by atoms with van der Waals surface area (Å²) in [5, 5.41) is 3.50. The Bertz CT molecular complexity index is 517. The minimum atomic E-state index is -0.148. The second-order valence-electron chi connectivity index (χ2n) is 5.63. The molecule has 4 nitrogen and oxygen atoms in total. The molecule has 0 fully saturated rings. The van der Waals surface area contributed by atoms with Crippen LogP contribution < -0.4 is 5.32 Å². The van der Waals surface area contributed by atoms with E-state index in [4.69, 9.17) is 4.74 Å². The molecule has 0 bridgehead atoms. The van der Waals surface area contributed by atoms with Gasteiger partial charge in [0.2, 0.25) is 0 Å². The van der Waals surface area contributed by atoms with Crippen molar-refractivity contribution in [2.45, 2.75) is 32.4 Å². The maximum atomic E-state index is 5.42. The van der Waals surface area contributed by atoms with Gasteiger partial charge in [-0.05, 0) is 38.5 Å². The highest BCUT2D eigenvalue weighted by atomic mass is 16.5. The average molecular weight is 273 g/mol. The van der Waals surface area contributed by atoms with E-state index in [2.05, 4.69) is 55.3 Å². The summed E-state index contributed by atoms with van der Waals surface area (Å²) in [6.07, 6.45) is 5.53. The van der Waals surface area contributed by atoms with Gasteiger partial charge in [0.05, 0.1) is 11.9 Å². The molecule has 0 saturated carbocycles. The molecule has 20 heavy (non-hydrogen) atoms. The van der Waals surface area contributed by atoms with E-state index in [1.54, 1.807) is 19.6 Å². The van der Waals surface area contributed by atoms with Gasteiger partial charge in [-0.15, -0.1) is 0 Å². The first-order valence-corrected chi connectivity index (χ1v) is 6.89. The van der Waals surface area contributed by atoms with Gasteiger partial charge in [-0.2, -0.15) is 0 Å². The van der Waals surface area contributed by atoms with Crippen LogP contribution in [0.1, 0.15) is 32.4 Å². The Morgan fingerprint density at radius 1 is 1.30 bits per heavy atom. The maximum Gasteiger partial charge on any atom is 0.0991 e. The fraction of sp³-hybridized carbons (Fsp3) is 0.438. The van der Waals surface area contributed by atoms with Crippen molar-refractivity contribution in [3.63, 3.8) is 0 Å². The minimum absolute atomic E-state index is 0.148. The lowest BCUT2D eigenvalue weighted by Gasteiger charge is -2.26. The van der Waals surface area contributed by atoms with Crippen LogP contribution in [0.15, 0.2) is 43.0 Å². The van der Waals surface area contributed by atoms with Gasteiger partial charge in [-0.3, -0.25) is 0 Å². The zero-order valence-electron chi connectivity index (χ0n) is 12.6. The van der Waals surface area contributed by atoms with Crippen LogP contribution >= 0.6 is 0 Å². The molecule has 1 heterocycles. The third-order valence-electron chi connectivity index (χ3n) is 3.58. The molecule has 1 aromatic heterocycles. The van der Waals surface area contributed by atoms with E-state index < -0.39 is 0 Å². The van der Waals surface area contributed by atoms with Gasteiger partial charge in [0.25, 0.3) is 0 Å². The summed E-state index contributed by atoms with van der Waals surface area (Å²) in [4.78, 5) is 4.06. The van der Waals surface area contributed by atoms with Crippen LogP contribution in [0.4, 0.5) is 0 Å². The zero-order chi connectivity index (χ0) is 14.6. The highest BCUT2D eigenvalue weighted by molar-refractivity contribution is 5.35. The monoisotopic (exact) mass is 273 g/mol. The van der Waals surface area contributed by atoms with E-state index in [9.17, 15) is 0 Å². The number of nitrogens with one attached hydrogen (secondary N) is 1. The van der Waals surface area contributed by atoms with Crippen molar-refractivity contribution in [2.24, 2.45) is 0 Å². The van der Waals surface area contributed by atoms with E-state index in [1.165, 1.54) is 5.56 Å². The second kappa shape index (κ2) is 6.20. The number of imidazole rings is 1. The number of ether oxygens (including phenoxy) is 1. The molecular weight excluding hydrogens is 250 g/mol. The van der Waals surface area contributed by atoms with Crippen molar-refractivity contribution in [3.8, 4) is 5.69 Å². The van der Waals surface area contributed by atoms with E-state index in [1.807, 2.05) is 10.8 Å². The second-order valence-corrected chi connectivity index (χ2v) is 5.63. The molecule has 0 radical (unpaired) electrons. The number of benzene rings is 1. The molecule has 1 atom stereocenters. The Kier molecular flexibility index (Phi) is 4.57. The number of methoxy groups -OCH3 is 1. The van der Waals surface area contributed by atoms with Crippen LogP contribution in [0.2, 0.25) is 0 Å². The number of hydrogen-bond donors (Lipinski definition) is 1. The molecule has 4 heteroatoms. The molecular formula is C16H23N3O. The third-order valence-corrected chi connectivity index (χ3v) is 3.58. The predicted octanol–water partition coefficient (Wildman–Crippen LogP) is 2.95. The highest BCUT2D eigenvalue weighted by Gasteiger charge is 2.17. The molecule has 2 rings (SSSR count). The molecule has 0 aliphatic heterocycles. The summed E-state index contributed by atoms with van der Waals surface area (Å²) in [7, 11) is 1.74. The van der Waals surface area contributed by atoms with E-state index in [-0.39, 0.29) is 5.60 Å². The Hall–Kier alpha value is -1.65. The maximum absolute atomic E-state index is 5.42. The summed E-state index contributed by atoms with van der Waals surface area (Å²) < 4.78 is 7.42. The fourth-order valence-electron chi connectivity index (χ4n) is 1.94. The summed E-state index contributed by atoms with van der Waals surface area (Å²) >= 11 is 0. The van der Waals surface area contributed by atoms with Crippen molar-refractivity contribution < 1.29 is 4.74 Å². The quantitative estimate of drug-likeness (QED) is 0.879. The van der Waals surface area contributed by atoms with Crippen LogP contribution in [-0.2, 0) is 4.74 Å². The van der Waals surface area contributed by atoms with Crippen molar-refractivity contribution in [1.82, 2.24) is 14.9 Å². The Morgan fingerprint density at radius 3 is 2.55 bits per heavy atom. The molecule has 108 valence electrons. The molecule has 0 spiro atoms. The third kappa shape index (κ3) is 3.68. The molecule has 2 aromatic rings. The van der Waals surface area contributed by atoms with Gasteiger partial charge in [-0.25, -0.2) is 4.98 Å². The van der Waals surface area contributed by atoms with Crippen LogP contribution in [0.5, 0.6) is 0 Å². The van der Waals surface area contributed by atoms with Gasteiger partial charge < -0.3 is 14.6 Å². The van der Waals surface area contributed by atoms with Crippen molar-refractivity contribution in [3.05, 3.63) is 48.5 Å². The normalized spacial score (nSPS) is 13.4. The van der Waals surface area contributed by atoms with Crippen molar-refractivity contribution in [2.75, 3.05) is 13.7 Å². The van der Waals surface area contributed by atoms with Gasteiger partial charge in [0.15, 0.2) is 0 Å². The lowest BCUT2D eigenvalue weighted by molar-refractivity contribution is 0.0214. The largest absolute Gasteiger partial charge is 0.377 e. The number of aromatic nitrogens is 2. The lowest BCUT2D eigenvalue weighted by Crippen LogP contribution is -2.37. The number of nitrogens with zero attached hydrogens (tertiary/aromatic N) is 2. The minimum Gasteiger partial charge on any atom is -0.377 e. The van der Waals surface area contributed by atoms with Gasteiger partial charge in [0.1, 0.15) is 0 Å². The molecule has 1 N–H and O–H groups in total. The van der Waals surface area contributed by atoms with E-state index in [0.717, 1.165) is 12.2 Å². The Labute approximate surface area is 120 Å². The van der Waals surface area contributed by atoms with Crippen LogP contribution in [0.25, 0.3) is 5.69 Å². The Balaban J connectivity index is 1.99. The lowest BCUT2D eigenvalue weighted by atomic mass is 10.1. The van der Waals surface area contributed by atoms with Crippen LogP contribution in [0.3, 0.4) is 0 Å². The molecule has 0 aliphatic rings. The molecule has 0 saturated heterocycles. The van der Waals surface area contributed by atoms with Gasteiger partial charge in [0, 0.05) is 37.8 Å². The first-order chi connectivity index (χ1) is 9.52. The fourth-order valence-corrected chi connectivity index (χ4v) is 1.94. The van der Waals surface area contributed by atoms with Crippen LogP contribution in [0, 0.1) is 0 Å². The topological polar surface area (TPSA) is 39.1 Å². The first-order valence-electron chi connectivity index (χ1n) is 6.89. The molecule has 1 aromatic carbocycles. The summed E-state index contributed by atoms with van der Waals surface area (Å²) in [6, 6.07) is 8.80. The molecule has 0 aliphatic carbocycles. The summed E-state index contributed by atoms with van der Waals surface area (Å²) in [6.45, 7) is 7.13. The number of rotatable bonds is 6. The van der Waals surface area contributed by atoms with Crippen molar-refractivity contribution >= 4 is 0 Å². The summed E-state index contributed by atoms with van der Waals surface area (Å²) in [5.74, 6) is 0. The average Bonchev–Trinajstić information content (AvgIpc) is 2.99. The highest BCUT2D eigenvalue weighted by Crippen LogP contribution is 2.16. The van der Waals surface area contributed by atoms with Crippen molar-refractivity contribution in [1.29, 1.82) is 0 Å². The summed E-state index contributed by atoms with van der Waals surface area (Å²) in [5.41, 5.74) is 2.24. The van der Waals surface area contributed by atoms with E-state index in [0.29, 0.717) is 6.04 Å². The molecule has 1 unspecified atom stereocenters. The van der Waals surface area contributed by atoms with Crippen LogP contribution in [-0.4, -0.2) is 28.8 Å². The van der Waals surface area contributed by atoms with E-state index >= 15 is 0 Å². The standard InChI is InChI=1S/C16H23N3O/c1-13(18-11-16(2,3)20-4)14-5-7-15(8-6-14)19-10-9-17-12-19/h5-10,12-13,18H,11H2,1-4H3. The first kappa shape index (κ1) is 14.8.